The highest BCUT2D eigenvalue weighted by Gasteiger charge is 2.37. The minimum absolute atomic E-state index is 0.0161. The van der Waals surface area contributed by atoms with E-state index in [4.69, 9.17) is 16.3 Å². The van der Waals surface area contributed by atoms with Crippen LogP contribution in [0.15, 0.2) is 18.2 Å². The standard InChI is InChI=1S/C15H16ClNO4/c1-15(2,3)21-11(18)7-8-17-10-6-4-5-9(16)12(10)13(19)14(17)20/h4-6H,7-8H2,1-3H3. The zero-order valence-corrected chi connectivity index (χ0v) is 12.9. The number of hydrogen-bond donors (Lipinski definition) is 0. The number of halogens is 1. The molecule has 0 N–H and O–H groups in total. The molecule has 0 spiro atoms. The summed E-state index contributed by atoms with van der Waals surface area (Å²) in [6.45, 7) is 5.40. The fraction of sp³-hybridized carbons (Fsp3) is 0.400. The fourth-order valence-corrected chi connectivity index (χ4v) is 2.37. The van der Waals surface area contributed by atoms with Crippen molar-refractivity contribution in [3.8, 4) is 0 Å². The van der Waals surface area contributed by atoms with Gasteiger partial charge in [-0.2, -0.15) is 0 Å². The van der Waals surface area contributed by atoms with Crippen molar-refractivity contribution in [1.29, 1.82) is 0 Å². The molecular formula is C15H16ClNO4. The molecule has 1 aromatic rings. The highest BCUT2D eigenvalue weighted by atomic mass is 35.5. The number of ether oxygens (including phenoxy) is 1. The van der Waals surface area contributed by atoms with E-state index >= 15 is 0 Å². The van der Waals surface area contributed by atoms with Crippen molar-refractivity contribution in [2.75, 3.05) is 11.4 Å². The Morgan fingerprint density at radius 2 is 1.95 bits per heavy atom. The van der Waals surface area contributed by atoms with E-state index in [-0.39, 0.29) is 23.6 Å². The predicted molar refractivity (Wildman–Crippen MR) is 78.6 cm³/mol. The average molecular weight is 310 g/mol. The maximum Gasteiger partial charge on any atom is 0.308 e. The molecule has 1 heterocycles. The molecule has 0 atom stereocenters. The molecule has 0 aliphatic carbocycles. The number of carbonyl (C=O) groups is 3. The summed E-state index contributed by atoms with van der Waals surface area (Å²) in [5.41, 5.74) is 0.0674. The first-order chi connectivity index (χ1) is 9.70. The molecule has 1 aromatic carbocycles. The molecule has 0 saturated carbocycles. The second kappa shape index (κ2) is 5.48. The Kier molecular flexibility index (Phi) is 4.05. The molecule has 0 fully saturated rings. The van der Waals surface area contributed by atoms with Crippen LogP contribution in [-0.4, -0.2) is 29.8 Å². The number of anilines is 1. The van der Waals surface area contributed by atoms with Crippen molar-refractivity contribution in [2.24, 2.45) is 0 Å². The minimum atomic E-state index is -0.665. The number of amides is 1. The number of hydrogen-bond acceptors (Lipinski definition) is 4. The van der Waals surface area contributed by atoms with Crippen molar-refractivity contribution in [3.05, 3.63) is 28.8 Å². The number of fused-ring (bicyclic) bond motifs is 1. The molecule has 1 amide bonds. The predicted octanol–water partition coefficient (Wildman–Crippen LogP) is 2.60. The van der Waals surface area contributed by atoms with Gasteiger partial charge in [0.05, 0.1) is 22.7 Å². The minimum Gasteiger partial charge on any atom is -0.460 e. The van der Waals surface area contributed by atoms with Gasteiger partial charge < -0.3 is 9.64 Å². The van der Waals surface area contributed by atoms with E-state index in [9.17, 15) is 14.4 Å². The zero-order chi connectivity index (χ0) is 15.8. The van der Waals surface area contributed by atoms with Crippen LogP contribution in [-0.2, 0) is 14.3 Å². The lowest BCUT2D eigenvalue weighted by atomic mass is 10.1. The number of Topliss-reactive ketones (excluding diaryl/α,β-unsaturated/α-hetero) is 1. The van der Waals surface area contributed by atoms with Gasteiger partial charge in [-0.3, -0.25) is 14.4 Å². The summed E-state index contributed by atoms with van der Waals surface area (Å²) < 4.78 is 5.18. The summed E-state index contributed by atoms with van der Waals surface area (Å²) in [6.07, 6.45) is 0.0161. The van der Waals surface area contributed by atoms with Crippen molar-refractivity contribution in [2.45, 2.75) is 32.8 Å². The fourth-order valence-electron chi connectivity index (χ4n) is 2.12. The lowest BCUT2D eigenvalue weighted by Crippen LogP contribution is -2.33. The molecule has 0 saturated heterocycles. The first kappa shape index (κ1) is 15.5. The third-order valence-corrected chi connectivity index (χ3v) is 3.22. The maximum atomic E-state index is 12.0. The molecule has 5 nitrogen and oxygen atoms in total. The molecule has 0 bridgehead atoms. The van der Waals surface area contributed by atoms with E-state index in [1.807, 2.05) is 0 Å². The van der Waals surface area contributed by atoms with Crippen LogP contribution in [0.1, 0.15) is 37.6 Å². The van der Waals surface area contributed by atoms with Crippen LogP contribution in [0.4, 0.5) is 5.69 Å². The number of benzene rings is 1. The van der Waals surface area contributed by atoms with E-state index in [2.05, 4.69) is 0 Å². The van der Waals surface area contributed by atoms with Crippen LogP contribution in [0.2, 0.25) is 5.02 Å². The Labute approximate surface area is 127 Å². The lowest BCUT2D eigenvalue weighted by Gasteiger charge is -2.21. The van der Waals surface area contributed by atoms with Crippen LogP contribution in [0.3, 0.4) is 0 Å². The van der Waals surface area contributed by atoms with Gasteiger partial charge in [-0.25, -0.2) is 0 Å². The van der Waals surface area contributed by atoms with Crippen molar-refractivity contribution in [3.63, 3.8) is 0 Å². The van der Waals surface area contributed by atoms with E-state index in [1.54, 1.807) is 39.0 Å². The van der Waals surface area contributed by atoms with Crippen LogP contribution in [0, 0.1) is 0 Å². The van der Waals surface area contributed by atoms with E-state index < -0.39 is 23.3 Å². The van der Waals surface area contributed by atoms with Gasteiger partial charge in [0.1, 0.15) is 5.60 Å². The number of rotatable bonds is 3. The van der Waals surface area contributed by atoms with Gasteiger partial charge >= 0.3 is 5.97 Å². The quantitative estimate of drug-likeness (QED) is 0.636. The first-order valence-corrected chi connectivity index (χ1v) is 6.95. The largest absolute Gasteiger partial charge is 0.460 e. The van der Waals surface area contributed by atoms with Crippen LogP contribution in [0.25, 0.3) is 0 Å². The first-order valence-electron chi connectivity index (χ1n) is 6.57. The highest BCUT2D eigenvalue weighted by Crippen LogP contribution is 2.34. The van der Waals surface area contributed by atoms with Gasteiger partial charge in [0.15, 0.2) is 0 Å². The highest BCUT2D eigenvalue weighted by molar-refractivity contribution is 6.55. The molecule has 6 heteroatoms. The SMILES string of the molecule is CC(C)(C)OC(=O)CCN1C(=O)C(=O)c2c(Cl)cccc21. The van der Waals surface area contributed by atoms with Gasteiger partial charge in [0.2, 0.25) is 0 Å². The van der Waals surface area contributed by atoms with Gasteiger partial charge in [-0.05, 0) is 32.9 Å². The van der Waals surface area contributed by atoms with Gasteiger partial charge in [0.25, 0.3) is 11.7 Å². The van der Waals surface area contributed by atoms with E-state index in [0.29, 0.717) is 5.69 Å². The molecule has 112 valence electrons. The molecule has 0 unspecified atom stereocenters. The second-order valence-electron chi connectivity index (χ2n) is 5.76. The number of esters is 1. The summed E-state index contributed by atoms with van der Waals surface area (Å²) in [5, 5.41) is 0.241. The second-order valence-corrected chi connectivity index (χ2v) is 6.16. The van der Waals surface area contributed by atoms with Crippen LogP contribution in [0.5, 0.6) is 0 Å². The normalized spacial score (nSPS) is 14.4. The molecule has 21 heavy (non-hydrogen) atoms. The average Bonchev–Trinajstić information content (AvgIpc) is 2.59. The third kappa shape index (κ3) is 3.24. The number of nitrogens with zero attached hydrogens (tertiary/aromatic N) is 1. The molecule has 0 aromatic heterocycles. The van der Waals surface area contributed by atoms with Crippen LogP contribution >= 0.6 is 11.6 Å². The Morgan fingerprint density at radius 3 is 2.57 bits per heavy atom. The number of carbonyl (C=O) groups excluding carboxylic acids is 3. The lowest BCUT2D eigenvalue weighted by molar-refractivity contribution is -0.154. The third-order valence-electron chi connectivity index (χ3n) is 2.91. The molecular weight excluding hydrogens is 294 g/mol. The Hall–Kier alpha value is -1.88. The maximum absolute atomic E-state index is 12.0. The molecule has 2 rings (SSSR count). The van der Waals surface area contributed by atoms with E-state index in [0.717, 1.165) is 0 Å². The molecule has 1 aliphatic heterocycles. The number of ketones is 1. The van der Waals surface area contributed by atoms with E-state index in [1.165, 1.54) is 4.90 Å². The zero-order valence-electron chi connectivity index (χ0n) is 12.1. The van der Waals surface area contributed by atoms with Crippen molar-refractivity contribution in [1.82, 2.24) is 0 Å². The van der Waals surface area contributed by atoms with Crippen molar-refractivity contribution >= 4 is 34.9 Å². The van der Waals surface area contributed by atoms with Crippen molar-refractivity contribution < 1.29 is 19.1 Å². The summed E-state index contributed by atoms with van der Waals surface area (Å²) in [4.78, 5) is 36.9. The topological polar surface area (TPSA) is 63.7 Å². The Morgan fingerprint density at radius 1 is 1.29 bits per heavy atom. The van der Waals surface area contributed by atoms with Gasteiger partial charge in [0, 0.05) is 6.54 Å². The van der Waals surface area contributed by atoms with Crippen LogP contribution < -0.4 is 4.90 Å². The van der Waals surface area contributed by atoms with Gasteiger partial charge in [-0.1, -0.05) is 17.7 Å². The molecule has 1 aliphatic rings. The summed E-state index contributed by atoms with van der Waals surface area (Å²) in [5.74, 6) is -1.72. The summed E-state index contributed by atoms with van der Waals surface area (Å²) in [7, 11) is 0. The Balaban J connectivity index is 2.13. The summed E-state index contributed by atoms with van der Waals surface area (Å²) in [6, 6.07) is 4.86. The van der Waals surface area contributed by atoms with Gasteiger partial charge in [-0.15, -0.1) is 0 Å². The smallest absolute Gasteiger partial charge is 0.308 e. The monoisotopic (exact) mass is 309 g/mol. The Bertz CT molecular complexity index is 619. The summed E-state index contributed by atoms with van der Waals surface area (Å²) >= 11 is 5.95. The molecule has 0 radical (unpaired) electrons.